The third-order valence-corrected chi connectivity index (χ3v) is 2.39. The molecule has 1 aromatic carbocycles. The molecule has 1 atom stereocenters. The second kappa shape index (κ2) is 5.03. The van der Waals surface area contributed by atoms with Crippen LogP contribution in [0.15, 0.2) is 18.2 Å². The van der Waals surface area contributed by atoms with Gasteiger partial charge in [-0.15, -0.1) is 0 Å². The van der Waals surface area contributed by atoms with E-state index in [-0.39, 0.29) is 12.8 Å². The zero-order chi connectivity index (χ0) is 13.2. The Morgan fingerprint density at radius 2 is 2.06 bits per heavy atom. The Morgan fingerprint density at radius 3 is 2.78 bits per heavy atom. The van der Waals surface area contributed by atoms with Gasteiger partial charge in [-0.1, -0.05) is 6.07 Å². The van der Waals surface area contributed by atoms with Crippen LogP contribution in [0.3, 0.4) is 0 Å². The average Bonchev–Trinajstić information content (AvgIpc) is 2.73. The summed E-state index contributed by atoms with van der Waals surface area (Å²) in [5.74, 6) is 1.21. The lowest BCUT2D eigenvalue weighted by atomic mass is 10.1. The summed E-state index contributed by atoms with van der Waals surface area (Å²) in [4.78, 5) is 4.39. The Hall–Kier alpha value is -1.47. The highest BCUT2D eigenvalue weighted by Gasteiger charge is 2.28. The Morgan fingerprint density at radius 1 is 1.33 bits per heavy atom. The molecule has 0 spiro atoms. The van der Waals surface area contributed by atoms with Crippen LogP contribution in [0.25, 0.3) is 0 Å². The largest absolute Gasteiger partial charge is 0.454 e. The van der Waals surface area contributed by atoms with Gasteiger partial charge in [-0.3, -0.25) is 4.84 Å². The summed E-state index contributed by atoms with van der Waals surface area (Å²) in [6.45, 7) is 0.515. The SMILES string of the molecule is CC(NOCC(F)(F)F)c1ccc2c(c1)OCO2. The van der Waals surface area contributed by atoms with Crippen LogP contribution in [0.4, 0.5) is 13.2 Å². The molecule has 2 rings (SSSR count). The Labute approximate surface area is 102 Å². The maximum atomic E-state index is 11.9. The molecule has 1 unspecified atom stereocenters. The van der Waals surface area contributed by atoms with Gasteiger partial charge in [-0.2, -0.15) is 18.7 Å². The molecule has 1 aromatic rings. The van der Waals surface area contributed by atoms with Crippen molar-refractivity contribution in [3.05, 3.63) is 23.8 Å². The van der Waals surface area contributed by atoms with Gasteiger partial charge in [-0.05, 0) is 24.6 Å². The minimum Gasteiger partial charge on any atom is -0.454 e. The van der Waals surface area contributed by atoms with Crippen molar-refractivity contribution in [1.29, 1.82) is 0 Å². The van der Waals surface area contributed by atoms with Crippen molar-refractivity contribution in [3.8, 4) is 11.5 Å². The van der Waals surface area contributed by atoms with Gasteiger partial charge in [0.25, 0.3) is 0 Å². The Kier molecular flexibility index (Phi) is 3.63. The van der Waals surface area contributed by atoms with Crippen molar-refractivity contribution in [2.45, 2.75) is 19.1 Å². The first kappa shape index (κ1) is 13.0. The highest BCUT2D eigenvalue weighted by atomic mass is 19.4. The Balaban J connectivity index is 1.91. The predicted molar refractivity (Wildman–Crippen MR) is 56.1 cm³/mol. The van der Waals surface area contributed by atoms with Crippen LogP contribution in [0.1, 0.15) is 18.5 Å². The summed E-state index contributed by atoms with van der Waals surface area (Å²) in [6, 6.07) is 4.76. The monoisotopic (exact) mass is 263 g/mol. The number of hydrogen-bond acceptors (Lipinski definition) is 4. The number of hydrogen-bond donors (Lipinski definition) is 1. The molecule has 4 nitrogen and oxygen atoms in total. The maximum absolute atomic E-state index is 11.9. The van der Waals surface area contributed by atoms with Crippen molar-refractivity contribution in [2.75, 3.05) is 13.4 Å². The van der Waals surface area contributed by atoms with Gasteiger partial charge >= 0.3 is 6.18 Å². The van der Waals surface area contributed by atoms with E-state index >= 15 is 0 Å². The topological polar surface area (TPSA) is 39.7 Å². The average molecular weight is 263 g/mol. The summed E-state index contributed by atoms with van der Waals surface area (Å²) >= 11 is 0. The number of fused-ring (bicyclic) bond motifs is 1. The highest BCUT2D eigenvalue weighted by molar-refractivity contribution is 5.45. The van der Waals surface area contributed by atoms with E-state index in [9.17, 15) is 13.2 Å². The minimum atomic E-state index is -4.35. The molecule has 0 aliphatic carbocycles. The zero-order valence-corrected chi connectivity index (χ0v) is 9.58. The number of alkyl halides is 3. The van der Waals surface area contributed by atoms with Crippen LogP contribution in [0.2, 0.25) is 0 Å². The van der Waals surface area contributed by atoms with E-state index in [0.717, 1.165) is 5.56 Å². The fourth-order valence-corrected chi connectivity index (χ4v) is 1.50. The highest BCUT2D eigenvalue weighted by Crippen LogP contribution is 2.34. The molecule has 1 aliphatic rings. The first-order chi connectivity index (χ1) is 8.46. The fourth-order valence-electron chi connectivity index (χ4n) is 1.50. The second-order valence-corrected chi connectivity index (χ2v) is 3.86. The molecule has 7 heteroatoms. The number of benzene rings is 1. The van der Waals surface area contributed by atoms with Gasteiger partial charge < -0.3 is 9.47 Å². The molecule has 0 fully saturated rings. The van der Waals surface area contributed by atoms with E-state index in [2.05, 4.69) is 10.3 Å². The van der Waals surface area contributed by atoms with E-state index < -0.39 is 12.8 Å². The standard InChI is InChI=1S/C11H12F3NO3/c1-7(15-18-5-11(12,13)14)8-2-3-9-10(4-8)17-6-16-9/h2-4,7,15H,5-6H2,1H3. The van der Waals surface area contributed by atoms with Crippen molar-refractivity contribution < 1.29 is 27.5 Å². The lowest BCUT2D eigenvalue weighted by Crippen LogP contribution is -2.26. The summed E-state index contributed by atoms with van der Waals surface area (Å²) in [5, 5.41) is 0. The molecule has 1 N–H and O–H groups in total. The van der Waals surface area contributed by atoms with Gasteiger partial charge in [0.05, 0.1) is 6.04 Å². The lowest BCUT2D eigenvalue weighted by molar-refractivity contribution is -0.192. The van der Waals surface area contributed by atoms with Gasteiger partial charge in [0.15, 0.2) is 18.1 Å². The Bertz CT molecular complexity index is 422. The molecule has 1 aliphatic heterocycles. The molecule has 0 amide bonds. The van der Waals surface area contributed by atoms with E-state index in [1.165, 1.54) is 0 Å². The third-order valence-electron chi connectivity index (χ3n) is 2.39. The smallest absolute Gasteiger partial charge is 0.413 e. The molecule has 100 valence electrons. The molecule has 0 bridgehead atoms. The van der Waals surface area contributed by atoms with E-state index in [1.54, 1.807) is 25.1 Å². The summed E-state index contributed by atoms with van der Waals surface area (Å²) in [5.41, 5.74) is 3.08. The summed E-state index contributed by atoms with van der Waals surface area (Å²) < 4.78 is 46.0. The van der Waals surface area contributed by atoms with E-state index in [4.69, 9.17) is 9.47 Å². The number of halogens is 3. The van der Waals surface area contributed by atoms with Crippen LogP contribution < -0.4 is 15.0 Å². The third kappa shape index (κ3) is 3.27. The lowest BCUT2D eigenvalue weighted by Gasteiger charge is -2.15. The van der Waals surface area contributed by atoms with E-state index in [1.807, 2.05) is 0 Å². The fraction of sp³-hybridized carbons (Fsp3) is 0.455. The molecule has 18 heavy (non-hydrogen) atoms. The van der Waals surface area contributed by atoms with E-state index in [0.29, 0.717) is 11.5 Å². The number of ether oxygens (including phenoxy) is 2. The zero-order valence-electron chi connectivity index (χ0n) is 9.58. The van der Waals surface area contributed by atoms with Crippen molar-refractivity contribution >= 4 is 0 Å². The van der Waals surface area contributed by atoms with Crippen molar-refractivity contribution in [2.24, 2.45) is 0 Å². The predicted octanol–water partition coefficient (Wildman–Crippen LogP) is 2.56. The maximum Gasteiger partial charge on any atom is 0.413 e. The van der Waals surface area contributed by atoms with Gasteiger partial charge in [0.1, 0.15) is 0 Å². The molecule has 0 radical (unpaired) electrons. The first-order valence-corrected chi connectivity index (χ1v) is 5.29. The summed E-state index contributed by atoms with van der Waals surface area (Å²) in [7, 11) is 0. The molecular weight excluding hydrogens is 251 g/mol. The molecule has 0 saturated heterocycles. The van der Waals surface area contributed by atoms with Gasteiger partial charge in [0.2, 0.25) is 6.79 Å². The van der Waals surface area contributed by atoms with Crippen LogP contribution in [-0.4, -0.2) is 19.6 Å². The van der Waals surface area contributed by atoms with Crippen molar-refractivity contribution in [3.63, 3.8) is 0 Å². The van der Waals surface area contributed by atoms with Gasteiger partial charge in [0, 0.05) is 0 Å². The molecule has 0 saturated carbocycles. The summed E-state index contributed by atoms with van der Waals surface area (Å²) in [6.07, 6.45) is -4.35. The van der Waals surface area contributed by atoms with Gasteiger partial charge in [-0.25, -0.2) is 0 Å². The van der Waals surface area contributed by atoms with Crippen LogP contribution >= 0.6 is 0 Å². The minimum absolute atomic E-state index is 0.158. The first-order valence-electron chi connectivity index (χ1n) is 5.29. The van der Waals surface area contributed by atoms with Crippen LogP contribution in [0.5, 0.6) is 11.5 Å². The molecule has 0 aromatic heterocycles. The number of rotatable bonds is 4. The normalized spacial score (nSPS) is 15.8. The second-order valence-electron chi connectivity index (χ2n) is 3.86. The van der Waals surface area contributed by atoms with Crippen molar-refractivity contribution in [1.82, 2.24) is 5.48 Å². The van der Waals surface area contributed by atoms with Crippen LogP contribution in [0, 0.1) is 0 Å². The molecule has 1 heterocycles. The number of hydroxylamine groups is 1. The molecular formula is C11H12F3NO3. The number of nitrogens with one attached hydrogen (secondary N) is 1. The van der Waals surface area contributed by atoms with Crippen LogP contribution in [-0.2, 0) is 4.84 Å². The quantitative estimate of drug-likeness (QED) is 0.847.